The highest BCUT2D eigenvalue weighted by atomic mass is 35.5. The van der Waals surface area contributed by atoms with Gasteiger partial charge in [-0.1, -0.05) is 0 Å². The SMILES string of the molecule is CCN(C(=O)CN1CCCC(CCN)C1)C1CCS(=O)(=O)C1.Cl. The Balaban J connectivity index is 0.00000264. The van der Waals surface area contributed by atoms with Crippen molar-refractivity contribution >= 4 is 28.2 Å². The molecule has 2 saturated heterocycles. The van der Waals surface area contributed by atoms with Crippen molar-refractivity contribution in [1.82, 2.24) is 9.80 Å². The number of likely N-dealkylation sites (N-methyl/N-ethyl adjacent to an activating group) is 1. The van der Waals surface area contributed by atoms with Crippen molar-refractivity contribution in [3.63, 3.8) is 0 Å². The number of carbonyl (C=O) groups excluding carboxylic acids is 1. The van der Waals surface area contributed by atoms with Gasteiger partial charge in [-0.15, -0.1) is 12.4 Å². The van der Waals surface area contributed by atoms with Crippen molar-refractivity contribution in [2.75, 3.05) is 44.2 Å². The van der Waals surface area contributed by atoms with Crippen molar-refractivity contribution in [2.24, 2.45) is 11.7 Å². The van der Waals surface area contributed by atoms with Crippen LogP contribution < -0.4 is 5.73 Å². The molecule has 2 atom stereocenters. The third-order valence-corrected chi connectivity index (χ3v) is 6.60. The third-order valence-electron chi connectivity index (χ3n) is 4.85. The van der Waals surface area contributed by atoms with Crippen LogP contribution in [-0.4, -0.2) is 74.4 Å². The van der Waals surface area contributed by atoms with E-state index in [9.17, 15) is 13.2 Å². The molecule has 6 nitrogen and oxygen atoms in total. The molecule has 0 saturated carbocycles. The summed E-state index contributed by atoms with van der Waals surface area (Å²) >= 11 is 0. The molecule has 23 heavy (non-hydrogen) atoms. The highest BCUT2D eigenvalue weighted by molar-refractivity contribution is 7.91. The van der Waals surface area contributed by atoms with Gasteiger partial charge in [0.05, 0.1) is 18.1 Å². The molecule has 8 heteroatoms. The number of hydrogen-bond acceptors (Lipinski definition) is 5. The Morgan fingerprint density at radius 2 is 2.09 bits per heavy atom. The maximum absolute atomic E-state index is 12.6. The topological polar surface area (TPSA) is 83.7 Å². The standard InChI is InChI=1S/C15H29N3O3S.ClH/c1-2-18(14-6-9-22(20,21)12-14)15(19)11-17-8-3-4-13(10-17)5-7-16;/h13-14H,2-12,16H2,1H3;1H. The summed E-state index contributed by atoms with van der Waals surface area (Å²) in [7, 11) is -2.95. The highest BCUT2D eigenvalue weighted by Crippen LogP contribution is 2.21. The zero-order chi connectivity index (χ0) is 16.2. The molecule has 2 N–H and O–H groups in total. The van der Waals surface area contributed by atoms with Crippen LogP contribution in [0.3, 0.4) is 0 Å². The van der Waals surface area contributed by atoms with Gasteiger partial charge in [0, 0.05) is 19.1 Å². The molecule has 0 radical (unpaired) electrons. The van der Waals surface area contributed by atoms with E-state index in [0.717, 1.165) is 25.9 Å². The fraction of sp³-hybridized carbons (Fsp3) is 0.933. The van der Waals surface area contributed by atoms with E-state index >= 15 is 0 Å². The number of nitrogens with zero attached hydrogens (tertiary/aromatic N) is 2. The van der Waals surface area contributed by atoms with Crippen LogP contribution >= 0.6 is 12.4 Å². The molecule has 2 heterocycles. The first-order chi connectivity index (χ1) is 10.4. The Bertz CT molecular complexity index is 484. The molecule has 2 aliphatic heterocycles. The Morgan fingerprint density at radius 3 is 2.65 bits per heavy atom. The lowest BCUT2D eigenvalue weighted by atomic mass is 9.95. The summed E-state index contributed by atoms with van der Waals surface area (Å²) in [6, 6.07) is -0.132. The number of piperidine rings is 1. The van der Waals surface area contributed by atoms with Gasteiger partial charge in [-0.3, -0.25) is 9.69 Å². The summed E-state index contributed by atoms with van der Waals surface area (Å²) in [4.78, 5) is 16.5. The van der Waals surface area contributed by atoms with Crippen LogP contribution in [0.5, 0.6) is 0 Å². The van der Waals surface area contributed by atoms with Gasteiger partial charge in [-0.2, -0.15) is 0 Å². The fourth-order valence-electron chi connectivity index (χ4n) is 3.71. The molecule has 2 aliphatic rings. The molecule has 0 bridgehead atoms. The average Bonchev–Trinajstić information content (AvgIpc) is 2.80. The van der Waals surface area contributed by atoms with Gasteiger partial charge in [0.15, 0.2) is 9.84 Å². The summed E-state index contributed by atoms with van der Waals surface area (Å²) in [6.45, 7) is 5.51. The first-order valence-electron chi connectivity index (χ1n) is 8.37. The summed E-state index contributed by atoms with van der Waals surface area (Å²) < 4.78 is 23.3. The second-order valence-corrected chi connectivity index (χ2v) is 8.79. The van der Waals surface area contributed by atoms with Gasteiger partial charge in [-0.25, -0.2) is 8.42 Å². The lowest BCUT2D eigenvalue weighted by Gasteiger charge is -2.35. The molecular formula is C15H30ClN3O3S. The quantitative estimate of drug-likeness (QED) is 0.739. The minimum absolute atomic E-state index is 0. The summed E-state index contributed by atoms with van der Waals surface area (Å²) in [6.07, 6.45) is 3.91. The lowest BCUT2D eigenvalue weighted by Crippen LogP contribution is -2.48. The normalized spacial score (nSPS) is 27.4. The number of hydrogen-bond donors (Lipinski definition) is 1. The molecule has 2 fully saturated rings. The average molecular weight is 368 g/mol. The monoisotopic (exact) mass is 367 g/mol. The second-order valence-electron chi connectivity index (χ2n) is 6.56. The predicted octanol–water partition coefficient (Wildman–Crippen LogP) is 0.505. The predicted molar refractivity (Wildman–Crippen MR) is 94.5 cm³/mol. The number of amides is 1. The van der Waals surface area contributed by atoms with Crippen LogP contribution in [0.15, 0.2) is 0 Å². The van der Waals surface area contributed by atoms with Gasteiger partial charge in [0.25, 0.3) is 0 Å². The minimum Gasteiger partial charge on any atom is -0.338 e. The first-order valence-corrected chi connectivity index (χ1v) is 10.2. The van der Waals surface area contributed by atoms with E-state index in [1.54, 1.807) is 4.90 Å². The molecule has 0 aliphatic carbocycles. The highest BCUT2D eigenvalue weighted by Gasteiger charge is 2.34. The molecule has 0 aromatic rings. The molecule has 0 aromatic heterocycles. The first kappa shape index (κ1) is 20.7. The fourth-order valence-corrected chi connectivity index (χ4v) is 5.44. The van der Waals surface area contributed by atoms with E-state index in [4.69, 9.17) is 5.73 Å². The molecule has 1 amide bonds. The van der Waals surface area contributed by atoms with E-state index in [-0.39, 0.29) is 35.9 Å². The van der Waals surface area contributed by atoms with Crippen molar-refractivity contribution in [3.8, 4) is 0 Å². The zero-order valence-corrected chi connectivity index (χ0v) is 15.6. The Morgan fingerprint density at radius 1 is 1.35 bits per heavy atom. The molecular weight excluding hydrogens is 338 g/mol. The van der Waals surface area contributed by atoms with E-state index in [1.165, 1.54) is 6.42 Å². The van der Waals surface area contributed by atoms with Crippen molar-refractivity contribution < 1.29 is 13.2 Å². The summed E-state index contributed by atoms with van der Waals surface area (Å²) in [5.41, 5.74) is 5.63. The molecule has 0 spiro atoms. The number of nitrogens with two attached hydrogens (primary N) is 1. The minimum atomic E-state index is -2.95. The maximum Gasteiger partial charge on any atom is 0.237 e. The Labute approximate surface area is 146 Å². The molecule has 2 unspecified atom stereocenters. The van der Waals surface area contributed by atoms with Crippen LogP contribution in [-0.2, 0) is 14.6 Å². The van der Waals surface area contributed by atoms with Gasteiger partial charge in [0.1, 0.15) is 0 Å². The largest absolute Gasteiger partial charge is 0.338 e. The molecule has 0 aromatic carbocycles. The smallest absolute Gasteiger partial charge is 0.237 e. The van der Waals surface area contributed by atoms with Crippen molar-refractivity contribution in [3.05, 3.63) is 0 Å². The number of halogens is 1. The van der Waals surface area contributed by atoms with Crippen LogP contribution in [0.1, 0.15) is 32.6 Å². The number of rotatable bonds is 6. The van der Waals surface area contributed by atoms with E-state index in [1.807, 2.05) is 6.92 Å². The lowest BCUT2D eigenvalue weighted by molar-refractivity contribution is -0.134. The van der Waals surface area contributed by atoms with Crippen LogP contribution in [0.4, 0.5) is 0 Å². The van der Waals surface area contributed by atoms with Crippen molar-refractivity contribution in [2.45, 2.75) is 38.6 Å². The summed E-state index contributed by atoms with van der Waals surface area (Å²) in [5.74, 6) is 0.998. The van der Waals surface area contributed by atoms with Crippen LogP contribution in [0, 0.1) is 5.92 Å². The molecule has 136 valence electrons. The number of sulfone groups is 1. The van der Waals surface area contributed by atoms with Gasteiger partial charge >= 0.3 is 0 Å². The Hall–Kier alpha value is -0.370. The van der Waals surface area contributed by atoms with E-state index in [2.05, 4.69) is 4.90 Å². The van der Waals surface area contributed by atoms with Gasteiger partial charge in [0.2, 0.25) is 5.91 Å². The third kappa shape index (κ3) is 5.89. The second kappa shape index (κ2) is 9.20. The van der Waals surface area contributed by atoms with Gasteiger partial charge in [-0.05, 0) is 51.6 Å². The number of likely N-dealkylation sites (tertiary alicyclic amines) is 1. The van der Waals surface area contributed by atoms with Gasteiger partial charge < -0.3 is 10.6 Å². The van der Waals surface area contributed by atoms with Crippen LogP contribution in [0.25, 0.3) is 0 Å². The Kier molecular flexibility index (Phi) is 8.27. The van der Waals surface area contributed by atoms with E-state index in [0.29, 0.717) is 32.0 Å². The van der Waals surface area contributed by atoms with Crippen molar-refractivity contribution in [1.29, 1.82) is 0 Å². The maximum atomic E-state index is 12.6. The molecule has 2 rings (SSSR count). The van der Waals surface area contributed by atoms with E-state index < -0.39 is 9.84 Å². The van der Waals surface area contributed by atoms with Crippen LogP contribution in [0.2, 0.25) is 0 Å². The summed E-state index contributed by atoms with van der Waals surface area (Å²) in [5, 5.41) is 0. The zero-order valence-electron chi connectivity index (χ0n) is 13.9. The number of carbonyl (C=O) groups is 1.